The van der Waals surface area contributed by atoms with Crippen LogP contribution in [0.3, 0.4) is 0 Å². The molecule has 1 atom stereocenters. The fourth-order valence-corrected chi connectivity index (χ4v) is 2.78. The maximum absolute atomic E-state index is 12.0. The van der Waals surface area contributed by atoms with Crippen molar-refractivity contribution < 1.29 is 17.9 Å². The first-order valence-electron chi connectivity index (χ1n) is 7.52. The van der Waals surface area contributed by atoms with Gasteiger partial charge in [0.25, 0.3) is 5.91 Å². The number of rotatable bonds is 6. The van der Waals surface area contributed by atoms with Crippen LogP contribution in [0.4, 0.5) is 0 Å². The smallest absolute Gasteiger partial charge is 0.258 e. The molecule has 130 valence electrons. The van der Waals surface area contributed by atoms with Crippen LogP contribution in [-0.2, 0) is 14.6 Å². The van der Waals surface area contributed by atoms with Crippen LogP contribution >= 0.6 is 0 Å². The molecule has 0 bridgehead atoms. The second-order valence-electron chi connectivity index (χ2n) is 5.56. The largest absolute Gasteiger partial charge is 0.484 e. The van der Waals surface area contributed by atoms with Gasteiger partial charge in [0.2, 0.25) is 0 Å². The molecule has 0 aromatic heterocycles. The van der Waals surface area contributed by atoms with Crippen LogP contribution in [0.2, 0.25) is 0 Å². The number of carbonyl (C=O) groups excluding carboxylic acids is 1. The molecule has 2 rings (SSSR count). The third-order valence-corrected chi connectivity index (χ3v) is 4.67. The van der Waals surface area contributed by atoms with Crippen LogP contribution in [0.15, 0.2) is 53.4 Å². The Morgan fingerprint density at radius 1 is 1.16 bits per heavy atom. The van der Waals surface area contributed by atoms with Gasteiger partial charge in [-0.3, -0.25) is 4.79 Å². The van der Waals surface area contributed by atoms with Gasteiger partial charge in [0.15, 0.2) is 16.4 Å². The number of sulfone groups is 1. The van der Waals surface area contributed by atoms with Crippen molar-refractivity contribution >= 4 is 15.7 Å². The van der Waals surface area contributed by atoms with Crippen LogP contribution in [-0.4, -0.2) is 27.2 Å². The summed E-state index contributed by atoms with van der Waals surface area (Å²) in [6, 6.07) is 14.6. The Morgan fingerprint density at radius 3 is 2.28 bits per heavy atom. The van der Waals surface area contributed by atoms with Crippen LogP contribution < -0.4 is 10.1 Å². The van der Waals surface area contributed by atoms with Gasteiger partial charge in [-0.1, -0.05) is 12.1 Å². The highest BCUT2D eigenvalue weighted by Gasteiger charge is 2.12. The minimum atomic E-state index is -3.24. The number of carbonyl (C=O) groups is 1. The molecule has 7 heteroatoms. The van der Waals surface area contributed by atoms with E-state index in [1.807, 2.05) is 6.07 Å². The number of nitrogens with zero attached hydrogens (tertiary/aromatic N) is 1. The van der Waals surface area contributed by atoms with E-state index in [0.29, 0.717) is 11.3 Å². The lowest BCUT2D eigenvalue weighted by Gasteiger charge is -2.15. The van der Waals surface area contributed by atoms with Crippen LogP contribution in [0.5, 0.6) is 5.75 Å². The van der Waals surface area contributed by atoms with Crippen molar-refractivity contribution in [2.24, 2.45) is 0 Å². The molecule has 1 unspecified atom stereocenters. The molecule has 1 N–H and O–H groups in total. The van der Waals surface area contributed by atoms with E-state index in [9.17, 15) is 13.2 Å². The average molecular weight is 358 g/mol. The highest BCUT2D eigenvalue weighted by Crippen LogP contribution is 2.16. The molecule has 1 amide bonds. The molecular weight excluding hydrogens is 340 g/mol. The zero-order valence-corrected chi connectivity index (χ0v) is 14.7. The third-order valence-electron chi connectivity index (χ3n) is 3.54. The fourth-order valence-electron chi connectivity index (χ4n) is 2.14. The van der Waals surface area contributed by atoms with Gasteiger partial charge in [0, 0.05) is 6.26 Å². The lowest BCUT2D eigenvalue weighted by molar-refractivity contribution is -0.123. The Labute approximate surface area is 147 Å². The van der Waals surface area contributed by atoms with Crippen molar-refractivity contribution in [2.45, 2.75) is 17.9 Å². The minimum Gasteiger partial charge on any atom is -0.484 e. The summed E-state index contributed by atoms with van der Waals surface area (Å²) in [5, 5.41) is 11.5. The minimum absolute atomic E-state index is 0.155. The molecular formula is C18H18N2O4S. The van der Waals surface area contributed by atoms with Gasteiger partial charge in [-0.15, -0.1) is 0 Å². The number of ether oxygens (including phenoxy) is 1. The van der Waals surface area contributed by atoms with E-state index in [-0.39, 0.29) is 23.5 Å². The molecule has 2 aromatic carbocycles. The van der Waals surface area contributed by atoms with Crippen molar-refractivity contribution in [3.05, 3.63) is 59.7 Å². The molecule has 0 heterocycles. The zero-order chi connectivity index (χ0) is 18.4. The van der Waals surface area contributed by atoms with E-state index in [4.69, 9.17) is 10.00 Å². The summed E-state index contributed by atoms with van der Waals surface area (Å²) in [4.78, 5) is 12.2. The van der Waals surface area contributed by atoms with Gasteiger partial charge >= 0.3 is 0 Å². The van der Waals surface area contributed by atoms with Gasteiger partial charge in [-0.05, 0) is 48.9 Å². The maximum Gasteiger partial charge on any atom is 0.258 e. The first kappa shape index (κ1) is 18.5. The van der Waals surface area contributed by atoms with Gasteiger partial charge in [0.1, 0.15) is 5.75 Å². The highest BCUT2D eigenvalue weighted by molar-refractivity contribution is 7.90. The predicted octanol–water partition coefficient (Wildman–Crippen LogP) is 2.22. The molecule has 0 aliphatic carbocycles. The van der Waals surface area contributed by atoms with Gasteiger partial charge < -0.3 is 10.1 Å². The Hall–Kier alpha value is -2.85. The van der Waals surface area contributed by atoms with Crippen molar-refractivity contribution in [3.63, 3.8) is 0 Å². The van der Waals surface area contributed by atoms with Crippen molar-refractivity contribution in [2.75, 3.05) is 12.9 Å². The molecule has 0 fully saturated rings. The van der Waals surface area contributed by atoms with E-state index in [2.05, 4.69) is 5.32 Å². The zero-order valence-electron chi connectivity index (χ0n) is 13.9. The van der Waals surface area contributed by atoms with Crippen molar-refractivity contribution in [3.8, 4) is 11.8 Å². The first-order valence-corrected chi connectivity index (χ1v) is 9.41. The summed E-state index contributed by atoms with van der Waals surface area (Å²) < 4.78 is 28.3. The summed E-state index contributed by atoms with van der Waals surface area (Å²) in [7, 11) is -3.24. The SMILES string of the molecule is CC(NC(=O)COc1ccc(C#N)cc1)c1ccc(S(C)(=O)=O)cc1. The quantitative estimate of drug-likeness (QED) is 0.854. The van der Waals surface area contributed by atoms with Crippen LogP contribution in [0.1, 0.15) is 24.1 Å². The van der Waals surface area contributed by atoms with Crippen molar-refractivity contribution in [1.82, 2.24) is 5.32 Å². The van der Waals surface area contributed by atoms with E-state index >= 15 is 0 Å². The molecule has 2 aromatic rings. The number of hydrogen-bond donors (Lipinski definition) is 1. The second-order valence-corrected chi connectivity index (χ2v) is 7.57. The Bertz CT molecular complexity index is 882. The lowest BCUT2D eigenvalue weighted by Crippen LogP contribution is -2.31. The number of hydrogen-bond acceptors (Lipinski definition) is 5. The first-order chi connectivity index (χ1) is 11.8. The Balaban J connectivity index is 1.90. The van der Waals surface area contributed by atoms with E-state index in [1.165, 1.54) is 12.1 Å². The average Bonchev–Trinajstić information content (AvgIpc) is 2.59. The van der Waals surface area contributed by atoms with E-state index in [1.54, 1.807) is 43.3 Å². The van der Waals surface area contributed by atoms with Gasteiger partial charge in [0.05, 0.1) is 22.6 Å². The fraction of sp³-hybridized carbons (Fsp3) is 0.222. The molecule has 0 saturated heterocycles. The maximum atomic E-state index is 12.0. The molecule has 0 radical (unpaired) electrons. The molecule has 0 aliphatic heterocycles. The highest BCUT2D eigenvalue weighted by atomic mass is 32.2. The normalized spacial score (nSPS) is 12.0. The molecule has 0 spiro atoms. The molecule has 0 aliphatic rings. The van der Waals surface area contributed by atoms with E-state index in [0.717, 1.165) is 11.8 Å². The standard InChI is InChI=1S/C18H18N2O4S/c1-13(15-5-9-17(10-6-15)25(2,22)23)20-18(21)12-24-16-7-3-14(11-19)4-8-16/h3-10,13H,12H2,1-2H3,(H,20,21). The van der Waals surface area contributed by atoms with Crippen LogP contribution in [0, 0.1) is 11.3 Å². The monoisotopic (exact) mass is 358 g/mol. The van der Waals surface area contributed by atoms with Gasteiger partial charge in [-0.25, -0.2) is 8.42 Å². The predicted molar refractivity (Wildman–Crippen MR) is 92.8 cm³/mol. The van der Waals surface area contributed by atoms with Crippen LogP contribution in [0.25, 0.3) is 0 Å². The van der Waals surface area contributed by atoms with Crippen molar-refractivity contribution in [1.29, 1.82) is 5.26 Å². The summed E-state index contributed by atoms with van der Waals surface area (Å²) in [6.07, 6.45) is 1.15. The Morgan fingerprint density at radius 2 is 1.76 bits per heavy atom. The Kier molecular flexibility index (Phi) is 5.78. The third kappa shape index (κ3) is 5.33. The topological polar surface area (TPSA) is 96.3 Å². The molecule has 6 nitrogen and oxygen atoms in total. The second kappa shape index (κ2) is 7.81. The van der Waals surface area contributed by atoms with Gasteiger partial charge in [-0.2, -0.15) is 5.26 Å². The van der Waals surface area contributed by atoms with E-state index < -0.39 is 9.84 Å². The summed E-state index contributed by atoms with van der Waals surface area (Å²) >= 11 is 0. The molecule has 25 heavy (non-hydrogen) atoms. The number of benzene rings is 2. The summed E-state index contributed by atoms with van der Waals surface area (Å²) in [5.41, 5.74) is 1.31. The number of nitriles is 1. The number of amides is 1. The summed E-state index contributed by atoms with van der Waals surface area (Å²) in [5.74, 6) is 0.198. The lowest BCUT2D eigenvalue weighted by atomic mass is 10.1. The molecule has 0 saturated carbocycles. The number of nitrogens with one attached hydrogen (secondary N) is 1. The summed E-state index contributed by atoms with van der Waals surface area (Å²) in [6.45, 7) is 1.65.